The van der Waals surface area contributed by atoms with Gasteiger partial charge in [-0.1, -0.05) is 30.3 Å². The van der Waals surface area contributed by atoms with Crippen molar-refractivity contribution >= 4 is 22.8 Å². The van der Waals surface area contributed by atoms with E-state index in [1.807, 2.05) is 13.1 Å². The Morgan fingerprint density at radius 2 is 1.97 bits per heavy atom. The Labute approximate surface area is 210 Å². The highest BCUT2D eigenvalue weighted by Gasteiger charge is 2.44. The smallest absolute Gasteiger partial charge is 0.167 e. The number of ketones is 1. The fraction of sp³-hybridized carbons (Fsp3) is 0.538. The summed E-state index contributed by atoms with van der Waals surface area (Å²) >= 11 is 0. The molecule has 3 heterocycles. The van der Waals surface area contributed by atoms with Gasteiger partial charge < -0.3 is 25.6 Å². The number of fused-ring (bicyclic) bond motifs is 1. The van der Waals surface area contributed by atoms with Crippen molar-refractivity contribution in [3.63, 3.8) is 0 Å². The number of anilines is 1. The minimum atomic E-state index is -1.13. The van der Waals surface area contributed by atoms with Crippen LogP contribution < -0.4 is 5.73 Å². The van der Waals surface area contributed by atoms with Gasteiger partial charge in [-0.25, -0.2) is 15.0 Å². The molecule has 2 aromatic heterocycles. The van der Waals surface area contributed by atoms with E-state index in [2.05, 4.69) is 44.1 Å². The molecule has 10 nitrogen and oxygen atoms in total. The minimum absolute atomic E-state index is 0.245. The maximum absolute atomic E-state index is 12.4. The van der Waals surface area contributed by atoms with E-state index in [1.165, 1.54) is 18.2 Å². The molecule has 1 aliphatic carbocycles. The second-order valence-corrected chi connectivity index (χ2v) is 10.1. The van der Waals surface area contributed by atoms with Gasteiger partial charge in [-0.2, -0.15) is 0 Å². The number of ether oxygens (including phenoxy) is 1. The predicted molar refractivity (Wildman–Crippen MR) is 134 cm³/mol. The maximum Gasteiger partial charge on any atom is 0.167 e. The first kappa shape index (κ1) is 24.8. The quantitative estimate of drug-likeness (QED) is 0.341. The molecule has 0 amide bonds. The fourth-order valence-electron chi connectivity index (χ4n) is 5.24. The van der Waals surface area contributed by atoms with Crippen LogP contribution in [0.2, 0.25) is 0 Å². The topological polar surface area (TPSA) is 140 Å². The lowest BCUT2D eigenvalue weighted by molar-refractivity contribution is -0.119. The fourth-order valence-corrected chi connectivity index (χ4v) is 5.24. The summed E-state index contributed by atoms with van der Waals surface area (Å²) in [5.74, 6) is 1.63. The van der Waals surface area contributed by atoms with Crippen molar-refractivity contribution in [2.45, 2.75) is 62.6 Å². The van der Waals surface area contributed by atoms with Crippen LogP contribution in [0.4, 0.5) is 5.82 Å². The predicted octanol–water partition coefficient (Wildman–Crippen LogP) is 1.89. The van der Waals surface area contributed by atoms with E-state index < -0.39 is 24.5 Å². The number of nitrogen functional groups attached to an aromatic ring is 1. The summed E-state index contributed by atoms with van der Waals surface area (Å²) in [6, 6.07) is 10.4. The highest BCUT2D eigenvalue weighted by atomic mass is 16.6. The third-order valence-electron chi connectivity index (χ3n) is 7.38. The van der Waals surface area contributed by atoms with Crippen LogP contribution in [0.1, 0.15) is 49.8 Å². The summed E-state index contributed by atoms with van der Waals surface area (Å²) in [6.45, 7) is 1.22. The second-order valence-electron chi connectivity index (χ2n) is 10.1. The van der Waals surface area contributed by atoms with Crippen LogP contribution >= 0.6 is 0 Å². The van der Waals surface area contributed by atoms with Crippen LogP contribution in [0.5, 0.6) is 0 Å². The molecule has 0 spiro atoms. The van der Waals surface area contributed by atoms with Crippen molar-refractivity contribution in [2.24, 2.45) is 5.92 Å². The van der Waals surface area contributed by atoms with Gasteiger partial charge in [0.15, 0.2) is 17.7 Å². The number of carbonyl (C=O) groups is 1. The standard InChI is InChI=1S/C26H34N6O4/c1-31(10-6-5-9-18(33)11-17-12-19(17)16-7-3-2-4-8-16)13-20-22(34)23(35)26(36-20)32-15-30-21-24(27)28-14-29-25(21)32/h2-4,7-8,14-15,17,19-20,22-23,26,34-35H,5-6,9-13H2,1H3,(H2,27,28,29)/t17-,19-,20+,22+,23+,26+/m0/s1. The molecule has 0 unspecified atom stereocenters. The molecule has 10 heteroatoms. The monoisotopic (exact) mass is 494 g/mol. The summed E-state index contributed by atoms with van der Waals surface area (Å²) in [4.78, 5) is 26.8. The van der Waals surface area contributed by atoms with Gasteiger partial charge in [-0.15, -0.1) is 0 Å². The van der Waals surface area contributed by atoms with E-state index >= 15 is 0 Å². The van der Waals surface area contributed by atoms with Gasteiger partial charge in [0.1, 0.15) is 35.9 Å². The zero-order valence-electron chi connectivity index (χ0n) is 20.5. The molecule has 1 aromatic carbocycles. The number of unbranched alkanes of at least 4 members (excludes halogenated alkanes) is 1. The second kappa shape index (κ2) is 10.6. The highest BCUT2D eigenvalue weighted by molar-refractivity contribution is 5.81. The Hall–Kier alpha value is -2.92. The lowest BCUT2D eigenvalue weighted by Gasteiger charge is -2.22. The number of Topliss-reactive ketones (excluding diaryl/α,β-unsaturated/α-hetero) is 1. The summed E-state index contributed by atoms with van der Waals surface area (Å²) in [5.41, 5.74) is 8.07. The van der Waals surface area contributed by atoms with Gasteiger partial charge in [-0.3, -0.25) is 9.36 Å². The number of likely N-dealkylation sites (N-methyl/N-ethyl adjacent to an activating group) is 1. The Bertz CT molecular complexity index is 1190. The van der Waals surface area contributed by atoms with E-state index in [4.69, 9.17) is 10.5 Å². The molecular weight excluding hydrogens is 460 g/mol. The number of aliphatic hydroxyl groups excluding tert-OH is 2. The van der Waals surface area contributed by atoms with E-state index in [9.17, 15) is 15.0 Å². The van der Waals surface area contributed by atoms with E-state index in [-0.39, 0.29) is 5.82 Å². The Kier molecular flexibility index (Phi) is 7.29. The van der Waals surface area contributed by atoms with E-state index in [0.717, 1.165) is 25.8 Å². The average molecular weight is 495 g/mol. The number of nitrogens with zero attached hydrogens (tertiary/aromatic N) is 5. The highest BCUT2D eigenvalue weighted by Crippen LogP contribution is 2.49. The number of carbonyl (C=O) groups excluding carboxylic acids is 1. The van der Waals surface area contributed by atoms with Crippen molar-refractivity contribution in [1.82, 2.24) is 24.4 Å². The normalized spacial score (nSPS) is 27.7. The van der Waals surface area contributed by atoms with Gasteiger partial charge in [0.2, 0.25) is 0 Å². The zero-order valence-corrected chi connectivity index (χ0v) is 20.5. The van der Waals surface area contributed by atoms with Gasteiger partial charge in [0, 0.05) is 19.4 Å². The van der Waals surface area contributed by atoms with Gasteiger partial charge >= 0.3 is 0 Å². The molecule has 2 aliphatic rings. The van der Waals surface area contributed by atoms with Crippen molar-refractivity contribution in [2.75, 3.05) is 25.9 Å². The van der Waals surface area contributed by atoms with Crippen LogP contribution in [0.15, 0.2) is 43.0 Å². The van der Waals surface area contributed by atoms with E-state index in [0.29, 0.717) is 48.2 Å². The maximum atomic E-state index is 12.4. The summed E-state index contributed by atoms with van der Waals surface area (Å²) in [6.07, 6.45) is 3.37. The van der Waals surface area contributed by atoms with Gasteiger partial charge in [-0.05, 0) is 50.3 Å². The molecule has 6 atom stereocenters. The lowest BCUT2D eigenvalue weighted by atomic mass is 10.0. The van der Waals surface area contributed by atoms with Crippen molar-refractivity contribution < 1.29 is 19.7 Å². The van der Waals surface area contributed by atoms with Crippen LogP contribution in [-0.2, 0) is 9.53 Å². The molecular formula is C26H34N6O4. The molecule has 0 radical (unpaired) electrons. The minimum Gasteiger partial charge on any atom is -0.387 e. The number of benzene rings is 1. The van der Waals surface area contributed by atoms with Crippen LogP contribution in [0.3, 0.4) is 0 Å². The molecule has 1 saturated carbocycles. The first-order valence-corrected chi connectivity index (χ1v) is 12.6. The SMILES string of the molecule is CN(CCCCC(=O)C[C@H]1C[C@H]1c1ccccc1)C[C@H]1O[C@@H](n2cnc3c(N)ncnc32)[C@H](O)[C@@H]1O. The van der Waals surface area contributed by atoms with Crippen molar-refractivity contribution in [1.29, 1.82) is 0 Å². The molecule has 1 saturated heterocycles. The number of aromatic nitrogens is 4. The summed E-state index contributed by atoms with van der Waals surface area (Å²) < 4.78 is 7.60. The van der Waals surface area contributed by atoms with Crippen LogP contribution in [0, 0.1) is 5.92 Å². The first-order valence-electron chi connectivity index (χ1n) is 12.6. The molecule has 192 valence electrons. The Morgan fingerprint density at radius 1 is 1.17 bits per heavy atom. The molecule has 3 aromatic rings. The number of nitrogens with two attached hydrogens (primary N) is 1. The molecule has 2 fully saturated rings. The van der Waals surface area contributed by atoms with Crippen LogP contribution in [-0.4, -0.2) is 78.9 Å². The first-order chi connectivity index (χ1) is 17.4. The Balaban J connectivity index is 1.04. The summed E-state index contributed by atoms with van der Waals surface area (Å²) in [7, 11) is 1.95. The van der Waals surface area contributed by atoms with Crippen molar-refractivity contribution in [3.05, 3.63) is 48.5 Å². The number of aliphatic hydroxyl groups is 2. The summed E-state index contributed by atoms with van der Waals surface area (Å²) in [5, 5.41) is 21.2. The molecule has 4 N–H and O–H groups in total. The third-order valence-corrected chi connectivity index (χ3v) is 7.38. The van der Waals surface area contributed by atoms with Gasteiger partial charge in [0.25, 0.3) is 0 Å². The molecule has 0 bridgehead atoms. The number of imidazole rings is 1. The lowest BCUT2D eigenvalue weighted by Crippen LogP contribution is -2.38. The van der Waals surface area contributed by atoms with E-state index in [1.54, 1.807) is 4.57 Å². The largest absolute Gasteiger partial charge is 0.387 e. The third kappa shape index (κ3) is 5.27. The number of rotatable bonds is 11. The molecule has 36 heavy (non-hydrogen) atoms. The molecule has 5 rings (SSSR count). The zero-order chi connectivity index (χ0) is 25.2. The van der Waals surface area contributed by atoms with Crippen molar-refractivity contribution in [3.8, 4) is 0 Å². The number of hydrogen-bond donors (Lipinski definition) is 3. The molecule has 1 aliphatic heterocycles. The average Bonchev–Trinajstić information content (AvgIpc) is 3.41. The van der Waals surface area contributed by atoms with Gasteiger partial charge in [0.05, 0.1) is 6.33 Å². The van der Waals surface area contributed by atoms with Crippen LogP contribution in [0.25, 0.3) is 11.2 Å². The Morgan fingerprint density at radius 3 is 2.78 bits per heavy atom. The number of hydrogen-bond acceptors (Lipinski definition) is 9.